The lowest BCUT2D eigenvalue weighted by molar-refractivity contribution is 0.0696. The van der Waals surface area contributed by atoms with Gasteiger partial charge in [0.15, 0.2) is 0 Å². The molecule has 9 heteroatoms. The van der Waals surface area contributed by atoms with Gasteiger partial charge in [0.1, 0.15) is 0 Å². The number of pyridine rings is 1. The van der Waals surface area contributed by atoms with Gasteiger partial charge in [0.2, 0.25) is 10.0 Å². The number of fused-ring (bicyclic) bond motifs is 1. The van der Waals surface area contributed by atoms with Crippen LogP contribution in [0.1, 0.15) is 21.6 Å². The topological polar surface area (TPSA) is 105 Å². The second-order valence-electron chi connectivity index (χ2n) is 5.85. The van der Waals surface area contributed by atoms with Crippen LogP contribution in [0.15, 0.2) is 59.9 Å². The van der Waals surface area contributed by atoms with Gasteiger partial charge in [-0.25, -0.2) is 17.9 Å². The zero-order valence-electron chi connectivity index (χ0n) is 13.5. The zero-order valence-corrected chi connectivity index (χ0v) is 14.3. The van der Waals surface area contributed by atoms with Gasteiger partial charge in [0.05, 0.1) is 28.4 Å². The molecule has 4 rings (SSSR count). The number of aromatic nitrogens is 3. The second kappa shape index (κ2) is 6.04. The molecule has 1 aliphatic rings. The van der Waals surface area contributed by atoms with Crippen molar-refractivity contribution < 1.29 is 18.3 Å². The summed E-state index contributed by atoms with van der Waals surface area (Å²) in [7, 11) is -3.71. The van der Waals surface area contributed by atoms with Crippen molar-refractivity contribution in [2.45, 2.75) is 18.0 Å². The van der Waals surface area contributed by atoms with Gasteiger partial charge in [0, 0.05) is 25.1 Å². The SMILES string of the molecule is O=C(O)c1cnc2c(c1)CN(S(=O)(=O)c1ccc(-n3cccn3)cc1)C2. The van der Waals surface area contributed by atoms with E-state index in [9.17, 15) is 13.2 Å². The first-order valence-electron chi connectivity index (χ1n) is 7.76. The molecule has 3 heterocycles. The van der Waals surface area contributed by atoms with E-state index >= 15 is 0 Å². The van der Waals surface area contributed by atoms with E-state index in [2.05, 4.69) is 10.1 Å². The Morgan fingerprint density at radius 3 is 2.58 bits per heavy atom. The number of benzene rings is 1. The van der Waals surface area contributed by atoms with E-state index in [1.54, 1.807) is 35.3 Å². The van der Waals surface area contributed by atoms with Crippen LogP contribution in [-0.4, -0.2) is 38.6 Å². The molecule has 0 radical (unpaired) electrons. The number of nitrogens with zero attached hydrogens (tertiary/aromatic N) is 4. The quantitative estimate of drug-likeness (QED) is 0.749. The van der Waals surface area contributed by atoms with E-state index in [0.29, 0.717) is 11.3 Å². The molecule has 132 valence electrons. The van der Waals surface area contributed by atoms with Crippen LogP contribution in [0.5, 0.6) is 0 Å². The van der Waals surface area contributed by atoms with Crippen LogP contribution in [0.25, 0.3) is 5.69 Å². The van der Waals surface area contributed by atoms with Crippen molar-refractivity contribution in [3.63, 3.8) is 0 Å². The van der Waals surface area contributed by atoms with Crippen molar-refractivity contribution in [2.75, 3.05) is 0 Å². The Morgan fingerprint density at radius 1 is 1.15 bits per heavy atom. The molecule has 26 heavy (non-hydrogen) atoms. The molecule has 3 aromatic rings. The van der Waals surface area contributed by atoms with Crippen molar-refractivity contribution >= 4 is 16.0 Å². The molecular weight excluding hydrogens is 356 g/mol. The van der Waals surface area contributed by atoms with Gasteiger partial charge in [0.25, 0.3) is 0 Å². The van der Waals surface area contributed by atoms with Crippen LogP contribution in [0.3, 0.4) is 0 Å². The van der Waals surface area contributed by atoms with E-state index in [0.717, 1.165) is 5.69 Å². The maximum Gasteiger partial charge on any atom is 0.337 e. The van der Waals surface area contributed by atoms with Gasteiger partial charge in [-0.1, -0.05) is 0 Å². The Morgan fingerprint density at radius 2 is 1.92 bits per heavy atom. The molecule has 0 atom stereocenters. The monoisotopic (exact) mass is 370 g/mol. The van der Waals surface area contributed by atoms with Gasteiger partial charge in [-0.3, -0.25) is 4.98 Å². The van der Waals surface area contributed by atoms with Crippen molar-refractivity contribution in [1.82, 2.24) is 19.1 Å². The summed E-state index contributed by atoms with van der Waals surface area (Å²) >= 11 is 0. The molecule has 2 aromatic heterocycles. The van der Waals surface area contributed by atoms with Crippen molar-refractivity contribution in [3.8, 4) is 5.69 Å². The molecule has 1 aliphatic heterocycles. The minimum atomic E-state index is -3.71. The fourth-order valence-corrected chi connectivity index (χ4v) is 4.24. The summed E-state index contributed by atoms with van der Waals surface area (Å²) in [5, 5.41) is 13.2. The molecule has 0 fully saturated rings. The van der Waals surface area contributed by atoms with Gasteiger partial charge in [-0.05, 0) is 42.0 Å². The van der Waals surface area contributed by atoms with Crippen molar-refractivity contribution in [3.05, 3.63) is 71.8 Å². The lowest BCUT2D eigenvalue weighted by Gasteiger charge is -2.15. The minimum absolute atomic E-state index is 0.0478. The van der Waals surface area contributed by atoms with Crippen LogP contribution in [-0.2, 0) is 23.1 Å². The maximum atomic E-state index is 12.9. The molecule has 1 aromatic carbocycles. The molecule has 0 saturated carbocycles. The van der Waals surface area contributed by atoms with Crippen LogP contribution >= 0.6 is 0 Å². The van der Waals surface area contributed by atoms with Gasteiger partial charge < -0.3 is 5.11 Å². The Hall–Kier alpha value is -3.04. The second-order valence-corrected chi connectivity index (χ2v) is 7.79. The summed E-state index contributed by atoms with van der Waals surface area (Å²) in [5.41, 5.74) is 1.99. The van der Waals surface area contributed by atoms with Gasteiger partial charge in [-0.2, -0.15) is 9.40 Å². The number of aromatic carboxylic acids is 1. The Kier molecular flexibility index (Phi) is 3.82. The lowest BCUT2D eigenvalue weighted by Crippen LogP contribution is -2.25. The zero-order chi connectivity index (χ0) is 18.3. The average Bonchev–Trinajstić information content (AvgIpc) is 3.31. The third-order valence-electron chi connectivity index (χ3n) is 4.22. The van der Waals surface area contributed by atoms with Crippen molar-refractivity contribution in [1.29, 1.82) is 0 Å². The molecule has 0 amide bonds. The molecule has 1 N–H and O–H groups in total. The van der Waals surface area contributed by atoms with Crippen LogP contribution in [0, 0.1) is 0 Å². The normalized spacial score (nSPS) is 14.3. The molecule has 8 nitrogen and oxygen atoms in total. The maximum absolute atomic E-state index is 12.9. The van der Waals surface area contributed by atoms with E-state index in [1.165, 1.54) is 28.7 Å². The summed E-state index contributed by atoms with van der Waals surface area (Å²) in [6.45, 7) is 0.227. The number of hydrogen-bond acceptors (Lipinski definition) is 5. The first-order chi connectivity index (χ1) is 12.4. The predicted molar refractivity (Wildman–Crippen MR) is 91.2 cm³/mol. The molecule has 0 aliphatic carbocycles. The average molecular weight is 370 g/mol. The standard InChI is InChI=1S/C17H14N4O4S/c22-17(23)12-8-13-10-20(11-16(13)18-9-12)26(24,25)15-4-2-14(3-5-15)21-7-1-6-19-21/h1-9H,10-11H2,(H,22,23). The summed E-state index contributed by atoms with van der Waals surface area (Å²) < 4.78 is 28.7. The highest BCUT2D eigenvalue weighted by molar-refractivity contribution is 7.89. The summed E-state index contributed by atoms with van der Waals surface area (Å²) in [6, 6.07) is 9.69. The first-order valence-corrected chi connectivity index (χ1v) is 9.20. The largest absolute Gasteiger partial charge is 0.478 e. The number of carbonyl (C=O) groups is 1. The van der Waals surface area contributed by atoms with E-state index in [-0.39, 0.29) is 23.5 Å². The van der Waals surface area contributed by atoms with Gasteiger partial charge >= 0.3 is 5.97 Å². The number of carboxylic acids is 1. The number of rotatable bonds is 4. The highest BCUT2D eigenvalue weighted by Gasteiger charge is 2.32. The Bertz CT molecular complexity index is 1080. The smallest absolute Gasteiger partial charge is 0.337 e. The predicted octanol–water partition coefficient (Wildman–Crippen LogP) is 1.67. The summed E-state index contributed by atoms with van der Waals surface area (Å²) in [4.78, 5) is 15.3. The van der Waals surface area contributed by atoms with Gasteiger partial charge in [-0.15, -0.1) is 0 Å². The van der Waals surface area contributed by atoms with Crippen LogP contribution < -0.4 is 0 Å². The molecule has 0 unspecified atom stereocenters. The van der Waals surface area contributed by atoms with E-state index in [4.69, 9.17) is 5.11 Å². The molecule has 0 spiro atoms. The first kappa shape index (κ1) is 16.4. The van der Waals surface area contributed by atoms with E-state index in [1.807, 2.05) is 0 Å². The number of sulfonamides is 1. The van der Waals surface area contributed by atoms with E-state index < -0.39 is 16.0 Å². The fourth-order valence-electron chi connectivity index (χ4n) is 2.86. The Balaban J connectivity index is 1.60. The van der Waals surface area contributed by atoms with Crippen LogP contribution in [0.2, 0.25) is 0 Å². The third kappa shape index (κ3) is 2.76. The molecule has 0 saturated heterocycles. The summed E-state index contributed by atoms with van der Waals surface area (Å²) in [6.07, 6.45) is 4.66. The molecule has 0 bridgehead atoms. The number of hydrogen-bond donors (Lipinski definition) is 1. The van der Waals surface area contributed by atoms with Crippen molar-refractivity contribution in [2.24, 2.45) is 0 Å². The fraction of sp³-hybridized carbons (Fsp3) is 0.118. The Labute approximate surface area is 149 Å². The summed E-state index contributed by atoms with van der Waals surface area (Å²) in [5.74, 6) is -1.09. The molecular formula is C17H14N4O4S. The highest BCUT2D eigenvalue weighted by Crippen LogP contribution is 2.28. The third-order valence-corrected chi connectivity index (χ3v) is 6.03. The number of carboxylic acid groups (broad SMARTS) is 1. The highest BCUT2D eigenvalue weighted by atomic mass is 32.2. The lowest BCUT2D eigenvalue weighted by atomic mass is 10.2. The minimum Gasteiger partial charge on any atom is -0.478 e. The van der Waals surface area contributed by atoms with Crippen LogP contribution in [0.4, 0.5) is 0 Å².